The lowest BCUT2D eigenvalue weighted by Crippen LogP contribution is -2.20. The van der Waals surface area contributed by atoms with E-state index in [4.69, 9.17) is 9.47 Å². The van der Waals surface area contributed by atoms with Crippen LogP contribution in [-0.2, 0) is 5.92 Å². The maximum Gasteiger partial charge on any atom is 0.275 e. The molecule has 1 aromatic rings. The molecule has 0 amide bonds. The summed E-state index contributed by atoms with van der Waals surface area (Å²) in [6.07, 6.45) is 0. The highest BCUT2D eigenvalue weighted by Gasteiger charge is 2.36. The molecule has 0 aliphatic rings. The lowest BCUT2D eigenvalue weighted by atomic mass is 9.97. The van der Waals surface area contributed by atoms with Crippen LogP contribution in [0.25, 0.3) is 0 Å². The van der Waals surface area contributed by atoms with Crippen LogP contribution in [-0.4, -0.2) is 14.2 Å². The zero-order valence-corrected chi connectivity index (χ0v) is 9.88. The molecule has 0 radical (unpaired) electrons. The Bertz CT molecular complexity index is 362. The maximum atomic E-state index is 13.7. The van der Waals surface area contributed by atoms with E-state index in [0.29, 0.717) is 11.5 Å². The lowest BCUT2D eigenvalue weighted by molar-refractivity contribution is -0.0515. The van der Waals surface area contributed by atoms with Crippen molar-refractivity contribution in [1.29, 1.82) is 0 Å². The van der Waals surface area contributed by atoms with Gasteiger partial charge in [0, 0.05) is 11.5 Å². The fourth-order valence-electron chi connectivity index (χ4n) is 1.38. The van der Waals surface area contributed by atoms with Gasteiger partial charge in [-0.2, -0.15) is 0 Å². The van der Waals surface area contributed by atoms with E-state index in [1.54, 1.807) is 0 Å². The summed E-state index contributed by atoms with van der Waals surface area (Å²) in [5.41, 5.74) is -0.0554. The van der Waals surface area contributed by atoms with E-state index >= 15 is 0 Å². The van der Waals surface area contributed by atoms with Crippen molar-refractivity contribution in [2.75, 3.05) is 14.2 Å². The molecule has 0 spiro atoms. The van der Waals surface area contributed by atoms with Gasteiger partial charge in [0.25, 0.3) is 5.92 Å². The number of hydrogen-bond acceptors (Lipinski definition) is 2. The second-order valence-electron chi connectivity index (χ2n) is 3.85. The fourth-order valence-corrected chi connectivity index (χ4v) is 1.38. The smallest absolute Gasteiger partial charge is 0.275 e. The molecule has 16 heavy (non-hydrogen) atoms. The summed E-state index contributed by atoms with van der Waals surface area (Å²) < 4.78 is 37.5. The van der Waals surface area contributed by atoms with Crippen molar-refractivity contribution < 1.29 is 18.3 Å². The molecule has 1 rings (SSSR count). The average molecular weight is 230 g/mol. The number of methoxy groups -OCH3 is 2. The molecule has 0 saturated heterocycles. The Balaban J connectivity index is 3.17. The number of rotatable bonds is 4. The SMILES string of the molecule is COc1ccc(C(F)(F)C(C)C)cc1OC. The summed E-state index contributed by atoms with van der Waals surface area (Å²) in [5, 5.41) is 0. The Morgan fingerprint density at radius 2 is 1.62 bits per heavy atom. The molecule has 0 aliphatic heterocycles. The van der Waals surface area contributed by atoms with Gasteiger partial charge in [0.15, 0.2) is 11.5 Å². The van der Waals surface area contributed by atoms with Crippen LogP contribution in [0.4, 0.5) is 8.78 Å². The average Bonchev–Trinajstić information content (AvgIpc) is 2.27. The summed E-state index contributed by atoms with van der Waals surface area (Å²) >= 11 is 0. The molecule has 0 heterocycles. The highest BCUT2D eigenvalue weighted by atomic mass is 19.3. The van der Waals surface area contributed by atoms with Crippen molar-refractivity contribution in [3.63, 3.8) is 0 Å². The van der Waals surface area contributed by atoms with Crippen molar-refractivity contribution in [2.45, 2.75) is 19.8 Å². The molecule has 0 aliphatic carbocycles. The standard InChI is InChI=1S/C12H16F2O2/c1-8(2)12(13,14)9-5-6-10(15-3)11(7-9)16-4/h5-8H,1-4H3. The van der Waals surface area contributed by atoms with Gasteiger partial charge in [0.2, 0.25) is 0 Å². The zero-order chi connectivity index (χ0) is 12.3. The molecular formula is C12H16F2O2. The Hall–Kier alpha value is -1.32. The quantitative estimate of drug-likeness (QED) is 0.788. The molecule has 1 aromatic carbocycles. The molecule has 0 saturated carbocycles. The zero-order valence-electron chi connectivity index (χ0n) is 9.88. The first-order valence-electron chi connectivity index (χ1n) is 5.03. The van der Waals surface area contributed by atoms with Gasteiger partial charge in [0.1, 0.15) is 0 Å². The monoisotopic (exact) mass is 230 g/mol. The Labute approximate surface area is 94.2 Å². The van der Waals surface area contributed by atoms with Gasteiger partial charge in [-0.25, -0.2) is 8.78 Å². The maximum absolute atomic E-state index is 13.7. The number of ether oxygens (including phenoxy) is 2. The molecule has 0 unspecified atom stereocenters. The molecular weight excluding hydrogens is 214 g/mol. The predicted octanol–water partition coefficient (Wildman–Crippen LogP) is 3.45. The van der Waals surface area contributed by atoms with Crippen LogP contribution < -0.4 is 9.47 Å². The van der Waals surface area contributed by atoms with Gasteiger partial charge in [-0.3, -0.25) is 0 Å². The topological polar surface area (TPSA) is 18.5 Å². The van der Waals surface area contributed by atoms with E-state index in [2.05, 4.69) is 0 Å². The summed E-state index contributed by atoms with van der Waals surface area (Å²) in [4.78, 5) is 0. The van der Waals surface area contributed by atoms with Crippen LogP contribution in [0.15, 0.2) is 18.2 Å². The van der Waals surface area contributed by atoms with Crippen LogP contribution in [0.3, 0.4) is 0 Å². The number of alkyl halides is 2. The highest BCUT2D eigenvalue weighted by molar-refractivity contribution is 5.44. The van der Waals surface area contributed by atoms with Crippen molar-refractivity contribution in [2.24, 2.45) is 5.92 Å². The molecule has 0 atom stereocenters. The van der Waals surface area contributed by atoms with E-state index in [1.807, 2.05) is 0 Å². The van der Waals surface area contributed by atoms with Crippen molar-refractivity contribution >= 4 is 0 Å². The third-order valence-electron chi connectivity index (χ3n) is 2.49. The summed E-state index contributed by atoms with van der Waals surface area (Å²) in [6, 6.07) is 4.17. The second-order valence-corrected chi connectivity index (χ2v) is 3.85. The van der Waals surface area contributed by atoms with Crippen LogP contribution in [0.2, 0.25) is 0 Å². The minimum Gasteiger partial charge on any atom is -0.493 e. The Kier molecular flexibility index (Phi) is 3.73. The van der Waals surface area contributed by atoms with Crippen LogP contribution >= 0.6 is 0 Å². The minimum atomic E-state index is -2.86. The third kappa shape index (κ3) is 2.26. The molecule has 90 valence electrons. The number of benzene rings is 1. The first kappa shape index (κ1) is 12.7. The van der Waals surface area contributed by atoms with E-state index in [-0.39, 0.29) is 5.56 Å². The summed E-state index contributed by atoms with van der Waals surface area (Å²) in [6.45, 7) is 2.97. The molecule has 0 fully saturated rings. The van der Waals surface area contributed by atoms with Gasteiger partial charge < -0.3 is 9.47 Å². The largest absolute Gasteiger partial charge is 0.493 e. The molecule has 2 nitrogen and oxygen atoms in total. The van der Waals surface area contributed by atoms with E-state index < -0.39 is 11.8 Å². The molecule has 0 N–H and O–H groups in total. The summed E-state index contributed by atoms with van der Waals surface area (Å²) in [7, 11) is 2.90. The Morgan fingerprint density at radius 1 is 1.06 bits per heavy atom. The van der Waals surface area contributed by atoms with Gasteiger partial charge >= 0.3 is 0 Å². The van der Waals surface area contributed by atoms with E-state index in [9.17, 15) is 8.78 Å². The van der Waals surface area contributed by atoms with Crippen molar-refractivity contribution in [1.82, 2.24) is 0 Å². The molecule has 4 heteroatoms. The fraction of sp³-hybridized carbons (Fsp3) is 0.500. The molecule has 0 bridgehead atoms. The van der Waals surface area contributed by atoms with Gasteiger partial charge in [0.05, 0.1) is 14.2 Å². The second kappa shape index (κ2) is 4.68. The number of halogens is 2. The van der Waals surface area contributed by atoms with Crippen LogP contribution in [0.1, 0.15) is 19.4 Å². The van der Waals surface area contributed by atoms with E-state index in [0.717, 1.165) is 0 Å². The summed E-state index contributed by atoms with van der Waals surface area (Å²) in [5.74, 6) is -2.85. The van der Waals surface area contributed by atoms with Gasteiger partial charge in [-0.05, 0) is 18.2 Å². The van der Waals surface area contributed by atoms with Crippen molar-refractivity contribution in [3.05, 3.63) is 23.8 Å². The first-order chi connectivity index (χ1) is 7.43. The normalized spacial score (nSPS) is 11.7. The van der Waals surface area contributed by atoms with Gasteiger partial charge in [-0.1, -0.05) is 13.8 Å². The lowest BCUT2D eigenvalue weighted by Gasteiger charge is -2.21. The third-order valence-corrected chi connectivity index (χ3v) is 2.49. The minimum absolute atomic E-state index is 0.0554. The first-order valence-corrected chi connectivity index (χ1v) is 5.03. The highest BCUT2D eigenvalue weighted by Crippen LogP contribution is 2.39. The molecule has 0 aromatic heterocycles. The van der Waals surface area contributed by atoms with Crippen LogP contribution in [0, 0.1) is 5.92 Å². The van der Waals surface area contributed by atoms with Crippen molar-refractivity contribution in [3.8, 4) is 11.5 Å². The van der Waals surface area contributed by atoms with Crippen LogP contribution in [0.5, 0.6) is 11.5 Å². The number of hydrogen-bond donors (Lipinski definition) is 0. The van der Waals surface area contributed by atoms with E-state index in [1.165, 1.54) is 46.3 Å². The Morgan fingerprint density at radius 3 is 2.06 bits per heavy atom. The van der Waals surface area contributed by atoms with Gasteiger partial charge in [-0.15, -0.1) is 0 Å². The predicted molar refractivity (Wildman–Crippen MR) is 58.3 cm³/mol.